The lowest BCUT2D eigenvalue weighted by Gasteiger charge is -2.11. The van der Waals surface area contributed by atoms with E-state index in [-0.39, 0.29) is 11.3 Å². The van der Waals surface area contributed by atoms with Gasteiger partial charge in [-0.15, -0.1) is 0 Å². The molecule has 7 heteroatoms. The van der Waals surface area contributed by atoms with E-state index in [9.17, 15) is 0 Å². The van der Waals surface area contributed by atoms with E-state index < -0.39 is 0 Å². The van der Waals surface area contributed by atoms with Crippen molar-refractivity contribution in [2.75, 3.05) is 25.6 Å². The van der Waals surface area contributed by atoms with Gasteiger partial charge in [0.25, 0.3) is 0 Å². The molecule has 0 bridgehead atoms. The van der Waals surface area contributed by atoms with E-state index in [0.29, 0.717) is 18.3 Å². The topological polar surface area (TPSA) is 60.4 Å². The molecule has 1 heterocycles. The SMILES string of the molecule is CCOc1cccc(Oc2nc(Cl)nc(N(C)C)n2)c1. The summed E-state index contributed by atoms with van der Waals surface area (Å²) in [4.78, 5) is 13.8. The van der Waals surface area contributed by atoms with Crippen LogP contribution >= 0.6 is 11.6 Å². The highest BCUT2D eigenvalue weighted by Crippen LogP contribution is 2.24. The molecule has 0 saturated heterocycles. The molecular weight excluding hydrogens is 280 g/mol. The first-order chi connectivity index (χ1) is 9.58. The summed E-state index contributed by atoms with van der Waals surface area (Å²) in [5.41, 5.74) is 0. The van der Waals surface area contributed by atoms with E-state index in [4.69, 9.17) is 21.1 Å². The van der Waals surface area contributed by atoms with Crippen molar-refractivity contribution in [2.45, 2.75) is 6.92 Å². The highest BCUT2D eigenvalue weighted by molar-refractivity contribution is 6.28. The molecule has 0 atom stereocenters. The van der Waals surface area contributed by atoms with Crippen molar-refractivity contribution in [3.8, 4) is 17.5 Å². The van der Waals surface area contributed by atoms with E-state index >= 15 is 0 Å². The summed E-state index contributed by atoms with van der Waals surface area (Å²) < 4.78 is 11.0. The van der Waals surface area contributed by atoms with Crippen LogP contribution in [-0.2, 0) is 0 Å². The zero-order chi connectivity index (χ0) is 14.5. The van der Waals surface area contributed by atoms with E-state index in [1.54, 1.807) is 17.0 Å². The molecule has 2 rings (SSSR count). The maximum absolute atomic E-state index is 5.85. The highest BCUT2D eigenvalue weighted by atomic mass is 35.5. The van der Waals surface area contributed by atoms with Gasteiger partial charge in [0.15, 0.2) is 0 Å². The van der Waals surface area contributed by atoms with Gasteiger partial charge in [0, 0.05) is 20.2 Å². The van der Waals surface area contributed by atoms with Gasteiger partial charge in [-0.25, -0.2) is 0 Å². The Labute approximate surface area is 122 Å². The molecule has 0 spiro atoms. The lowest BCUT2D eigenvalue weighted by atomic mass is 10.3. The summed E-state index contributed by atoms with van der Waals surface area (Å²) in [6, 6.07) is 7.37. The second kappa shape index (κ2) is 6.38. The van der Waals surface area contributed by atoms with Crippen LogP contribution in [-0.4, -0.2) is 35.7 Å². The first-order valence-corrected chi connectivity index (χ1v) is 6.46. The molecular formula is C13H15ClN4O2. The first-order valence-electron chi connectivity index (χ1n) is 6.08. The van der Waals surface area contributed by atoms with Crippen molar-refractivity contribution in [3.05, 3.63) is 29.5 Å². The lowest BCUT2D eigenvalue weighted by Crippen LogP contribution is -2.13. The molecule has 0 saturated carbocycles. The van der Waals surface area contributed by atoms with Crippen molar-refractivity contribution >= 4 is 17.5 Å². The van der Waals surface area contributed by atoms with Gasteiger partial charge in [-0.1, -0.05) is 6.07 Å². The Bertz CT molecular complexity index is 592. The number of nitrogens with zero attached hydrogens (tertiary/aromatic N) is 4. The van der Waals surface area contributed by atoms with Crippen molar-refractivity contribution in [2.24, 2.45) is 0 Å². The van der Waals surface area contributed by atoms with Crippen molar-refractivity contribution in [1.82, 2.24) is 15.0 Å². The Hall–Kier alpha value is -2.08. The summed E-state index contributed by atoms with van der Waals surface area (Å²) >= 11 is 5.85. The largest absolute Gasteiger partial charge is 0.494 e. The molecule has 1 aromatic carbocycles. The molecule has 2 aromatic rings. The zero-order valence-electron chi connectivity index (χ0n) is 11.5. The Morgan fingerprint density at radius 2 is 1.90 bits per heavy atom. The number of halogens is 1. The fraction of sp³-hybridized carbons (Fsp3) is 0.308. The average molecular weight is 295 g/mol. The van der Waals surface area contributed by atoms with Gasteiger partial charge in [-0.2, -0.15) is 15.0 Å². The molecule has 20 heavy (non-hydrogen) atoms. The summed E-state index contributed by atoms with van der Waals surface area (Å²) in [5.74, 6) is 1.72. The maximum Gasteiger partial charge on any atom is 0.328 e. The number of benzene rings is 1. The van der Waals surface area contributed by atoms with Crippen LogP contribution in [0, 0.1) is 0 Å². The Morgan fingerprint density at radius 3 is 2.60 bits per heavy atom. The van der Waals surface area contributed by atoms with Crippen LogP contribution in [0.3, 0.4) is 0 Å². The molecule has 6 nitrogen and oxygen atoms in total. The minimum atomic E-state index is 0.0830. The second-order valence-electron chi connectivity index (χ2n) is 4.09. The van der Waals surface area contributed by atoms with Gasteiger partial charge in [0.1, 0.15) is 11.5 Å². The van der Waals surface area contributed by atoms with Crippen molar-refractivity contribution in [3.63, 3.8) is 0 Å². The molecule has 0 aliphatic carbocycles. The third-order valence-electron chi connectivity index (χ3n) is 2.30. The molecule has 106 valence electrons. The number of anilines is 1. The standard InChI is InChI=1S/C13H15ClN4O2/c1-4-19-9-6-5-7-10(8-9)20-13-16-11(14)15-12(17-13)18(2)3/h5-8H,4H2,1-3H3. The van der Waals surface area contributed by atoms with Crippen LogP contribution in [0.5, 0.6) is 17.5 Å². The number of aromatic nitrogens is 3. The number of ether oxygens (including phenoxy) is 2. The average Bonchev–Trinajstić information content (AvgIpc) is 2.38. The fourth-order valence-electron chi connectivity index (χ4n) is 1.47. The third-order valence-corrected chi connectivity index (χ3v) is 2.47. The van der Waals surface area contributed by atoms with Crippen LogP contribution in [0.1, 0.15) is 6.92 Å². The molecule has 0 aliphatic rings. The van der Waals surface area contributed by atoms with Gasteiger partial charge < -0.3 is 14.4 Å². The molecule has 1 aromatic heterocycles. The Kier molecular flexibility index (Phi) is 4.57. The summed E-state index contributed by atoms with van der Waals surface area (Å²) in [5, 5.41) is 0.0830. The molecule has 0 radical (unpaired) electrons. The summed E-state index contributed by atoms with van der Waals surface area (Å²) in [6.07, 6.45) is 0. The summed E-state index contributed by atoms with van der Waals surface area (Å²) in [7, 11) is 3.62. The van der Waals surface area contributed by atoms with Gasteiger partial charge in [-0.3, -0.25) is 0 Å². The second-order valence-corrected chi connectivity index (χ2v) is 4.43. The Morgan fingerprint density at radius 1 is 1.15 bits per heavy atom. The quantitative estimate of drug-likeness (QED) is 0.845. The molecule has 0 amide bonds. The number of hydrogen-bond acceptors (Lipinski definition) is 6. The molecule has 0 unspecified atom stereocenters. The Balaban J connectivity index is 2.23. The van der Waals surface area contributed by atoms with Crippen LogP contribution in [0.4, 0.5) is 5.95 Å². The molecule has 0 fully saturated rings. The van der Waals surface area contributed by atoms with Gasteiger partial charge >= 0.3 is 6.01 Å². The maximum atomic E-state index is 5.85. The van der Waals surface area contributed by atoms with Crippen LogP contribution in [0.15, 0.2) is 24.3 Å². The van der Waals surface area contributed by atoms with Gasteiger partial charge in [0.05, 0.1) is 6.61 Å². The zero-order valence-corrected chi connectivity index (χ0v) is 12.3. The number of rotatable bonds is 5. The van der Waals surface area contributed by atoms with Gasteiger partial charge in [-0.05, 0) is 30.7 Å². The monoisotopic (exact) mass is 294 g/mol. The summed E-state index contributed by atoms with van der Waals surface area (Å²) in [6.45, 7) is 2.51. The minimum Gasteiger partial charge on any atom is -0.494 e. The minimum absolute atomic E-state index is 0.0830. The first kappa shape index (κ1) is 14.3. The molecule has 0 aliphatic heterocycles. The predicted octanol–water partition coefficient (Wildman–Crippen LogP) is 2.78. The predicted molar refractivity (Wildman–Crippen MR) is 76.8 cm³/mol. The third kappa shape index (κ3) is 3.71. The van der Waals surface area contributed by atoms with Crippen molar-refractivity contribution in [1.29, 1.82) is 0 Å². The van der Waals surface area contributed by atoms with Crippen LogP contribution < -0.4 is 14.4 Å². The van der Waals surface area contributed by atoms with Crippen molar-refractivity contribution < 1.29 is 9.47 Å². The normalized spacial score (nSPS) is 10.2. The van der Waals surface area contributed by atoms with Crippen LogP contribution in [0.2, 0.25) is 5.28 Å². The van der Waals surface area contributed by atoms with E-state index in [1.165, 1.54) is 0 Å². The van der Waals surface area contributed by atoms with E-state index in [2.05, 4.69) is 15.0 Å². The number of hydrogen-bond donors (Lipinski definition) is 0. The lowest BCUT2D eigenvalue weighted by molar-refractivity contribution is 0.337. The van der Waals surface area contributed by atoms with E-state index in [1.807, 2.05) is 33.2 Å². The van der Waals surface area contributed by atoms with E-state index in [0.717, 1.165) is 5.75 Å². The highest BCUT2D eigenvalue weighted by Gasteiger charge is 2.09. The molecule has 0 N–H and O–H groups in total. The van der Waals surface area contributed by atoms with Crippen LogP contribution in [0.25, 0.3) is 0 Å². The fourth-order valence-corrected chi connectivity index (χ4v) is 1.62. The smallest absolute Gasteiger partial charge is 0.328 e. The van der Waals surface area contributed by atoms with Gasteiger partial charge in [0.2, 0.25) is 11.2 Å².